The molecule has 0 aromatic heterocycles. The highest BCUT2D eigenvalue weighted by atomic mass is 16.5. The van der Waals surface area contributed by atoms with Crippen molar-refractivity contribution in [1.29, 1.82) is 0 Å². The van der Waals surface area contributed by atoms with Gasteiger partial charge in [-0.2, -0.15) is 0 Å². The van der Waals surface area contributed by atoms with E-state index in [1.807, 2.05) is 6.92 Å². The van der Waals surface area contributed by atoms with Crippen LogP contribution in [0.15, 0.2) is 0 Å². The van der Waals surface area contributed by atoms with Crippen LogP contribution in [0, 0.1) is 0 Å². The third-order valence-corrected chi connectivity index (χ3v) is 2.92. The Morgan fingerprint density at radius 1 is 0.778 bits per heavy atom. The van der Waals surface area contributed by atoms with E-state index < -0.39 is 0 Å². The number of rotatable bonds is 14. The molecule has 3 heteroatoms. The molecule has 0 aliphatic heterocycles. The van der Waals surface area contributed by atoms with E-state index in [1.165, 1.54) is 38.5 Å². The molecule has 0 aliphatic carbocycles. The fourth-order valence-electron chi connectivity index (χ4n) is 1.79. The molecular weight excluding hydrogens is 228 g/mol. The van der Waals surface area contributed by atoms with Crippen LogP contribution in [0.4, 0.5) is 0 Å². The molecule has 0 aromatic carbocycles. The van der Waals surface area contributed by atoms with Gasteiger partial charge in [0.25, 0.3) is 0 Å². The maximum Gasteiger partial charge on any atom is 0.0704 e. The summed E-state index contributed by atoms with van der Waals surface area (Å²) in [5.74, 6) is 0. The Kier molecular flexibility index (Phi) is 14.8. The molecule has 0 aromatic rings. The highest BCUT2D eigenvalue weighted by molar-refractivity contribution is 4.52. The number of ether oxygens (including phenoxy) is 3. The van der Waals surface area contributed by atoms with Gasteiger partial charge in [0, 0.05) is 6.61 Å². The average molecular weight is 260 g/mol. The summed E-state index contributed by atoms with van der Waals surface area (Å²) in [7, 11) is 0. The fraction of sp³-hybridized carbons (Fsp3) is 1.00. The molecule has 0 N–H and O–H groups in total. The molecule has 0 saturated heterocycles. The second-order valence-electron chi connectivity index (χ2n) is 4.69. The molecule has 110 valence electrons. The van der Waals surface area contributed by atoms with Crippen molar-refractivity contribution in [2.75, 3.05) is 33.0 Å². The summed E-state index contributed by atoms with van der Waals surface area (Å²) >= 11 is 0. The Hall–Kier alpha value is -0.120. The Morgan fingerprint density at radius 2 is 1.44 bits per heavy atom. The monoisotopic (exact) mass is 260 g/mol. The first-order valence-corrected chi connectivity index (χ1v) is 7.58. The number of unbranched alkanes of at least 4 members (excludes halogenated alkanes) is 4. The minimum absolute atomic E-state index is 0.363. The van der Waals surface area contributed by atoms with Gasteiger partial charge in [0.1, 0.15) is 0 Å². The Labute approximate surface area is 113 Å². The lowest BCUT2D eigenvalue weighted by Crippen LogP contribution is -2.14. The van der Waals surface area contributed by atoms with E-state index in [0.29, 0.717) is 32.5 Å². The fourth-order valence-corrected chi connectivity index (χ4v) is 1.79. The molecule has 1 atom stereocenters. The van der Waals surface area contributed by atoms with E-state index in [-0.39, 0.29) is 0 Å². The minimum atomic E-state index is 0.363. The van der Waals surface area contributed by atoms with Gasteiger partial charge in [-0.15, -0.1) is 0 Å². The van der Waals surface area contributed by atoms with Crippen molar-refractivity contribution in [1.82, 2.24) is 0 Å². The van der Waals surface area contributed by atoms with E-state index in [4.69, 9.17) is 14.2 Å². The van der Waals surface area contributed by atoms with Crippen LogP contribution >= 0.6 is 0 Å². The standard InChI is InChI=1S/C15H32O3/c1-4-6-7-8-9-10-15(3)18-14-13-17-12-11-16-5-2/h15H,4-14H2,1-3H3. The molecule has 0 fully saturated rings. The summed E-state index contributed by atoms with van der Waals surface area (Å²) in [4.78, 5) is 0. The maximum atomic E-state index is 5.69. The molecule has 0 amide bonds. The predicted octanol–water partition coefficient (Wildman–Crippen LogP) is 3.81. The van der Waals surface area contributed by atoms with Gasteiger partial charge in [-0.25, -0.2) is 0 Å². The van der Waals surface area contributed by atoms with Crippen LogP contribution in [0.5, 0.6) is 0 Å². The zero-order valence-electron chi connectivity index (χ0n) is 12.6. The molecule has 0 saturated carbocycles. The molecule has 3 nitrogen and oxygen atoms in total. The minimum Gasteiger partial charge on any atom is -0.379 e. The Bertz CT molecular complexity index is 151. The van der Waals surface area contributed by atoms with E-state index in [1.54, 1.807) is 0 Å². The van der Waals surface area contributed by atoms with Crippen molar-refractivity contribution in [2.24, 2.45) is 0 Å². The van der Waals surface area contributed by atoms with Gasteiger partial charge < -0.3 is 14.2 Å². The second kappa shape index (κ2) is 14.9. The molecular formula is C15H32O3. The van der Waals surface area contributed by atoms with Crippen molar-refractivity contribution in [3.05, 3.63) is 0 Å². The van der Waals surface area contributed by atoms with Gasteiger partial charge in [-0.05, 0) is 20.3 Å². The molecule has 0 radical (unpaired) electrons. The second-order valence-corrected chi connectivity index (χ2v) is 4.69. The molecule has 0 spiro atoms. The van der Waals surface area contributed by atoms with Crippen LogP contribution in [0.3, 0.4) is 0 Å². The topological polar surface area (TPSA) is 27.7 Å². The summed E-state index contributed by atoms with van der Waals surface area (Å²) in [6, 6.07) is 0. The average Bonchev–Trinajstić information content (AvgIpc) is 2.37. The van der Waals surface area contributed by atoms with E-state index in [2.05, 4.69) is 13.8 Å². The van der Waals surface area contributed by atoms with Crippen LogP contribution in [0.25, 0.3) is 0 Å². The lowest BCUT2D eigenvalue weighted by molar-refractivity contribution is -0.00744. The Morgan fingerprint density at radius 3 is 2.17 bits per heavy atom. The smallest absolute Gasteiger partial charge is 0.0704 e. The summed E-state index contributed by atoms with van der Waals surface area (Å²) in [5, 5.41) is 0. The van der Waals surface area contributed by atoms with Gasteiger partial charge in [-0.3, -0.25) is 0 Å². The number of hydrogen-bond donors (Lipinski definition) is 0. The zero-order chi connectivity index (χ0) is 13.5. The van der Waals surface area contributed by atoms with Crippen molar-refractivity contribution >= 4 is 0 Å². The maximum absolute atomic E-state index is 5.69. The number of hydrogen-bond acceptors (Lipinski definition) is 3. The summed E-state index contributed by atoms with van der Waals surface area (Å²) < 4.78 is 16.3. The van der Waals surface area contributed by atoms with Gasteiger partial charge in [0.15, 0.2) is 0 Å². The van der Waals surface area contributed by atoms with Crippen LogP contribution < -0.4 is 0 Å². The summed E-state index contributed by atoms with van der Waals surface area (Å²) in [5.41, 5.74) is 0. The van der Waals surface area contributed by atoms with E-state index in [9.17, 15) is 0 Å². The van der Waals surface area contributed by atoms with Crippen LogP contribution in [0.1, 0.15) is 59.3 Å². The van der Waals surface area contributed by atoms with Crippen LogP contribution in [-0.2, 0) is 14.2 Å². The van der Waals surface area contributed by atoms with Gasteiger partial charge >= 0.3 is 0 Å². The van der Waals surface area contributed by atoms with Gasteiger partial charge in [0.2, 0.25) is 0 Å². The lowest BCUT2D eigenvalue weighted by Gasteiger charge is -2.13. The van der Waals surface area contributed by atoms with Crippen LogP contribution in [0.2, 0.25) is 0 Å². The van der Waals surface area contributed by atoms with E-state index >= 15 is 0 Å². The summed E-state index contributed by atoms with van der Waals surface area (Å²) in [6.07, 6.45) is 8.20. The Balaban J connectivity index is 3.09. The molecule has 0 rings (SSSR count). The van der Waals surface area contributed by atoms with Crippen molar-refractivity contribution < 1.29 is 14.2 Å². The first-order chi connectivity index (χ1) is 8.81. The zero-order valence-corrected chi connectivity index (χ0v) is 12.6. The molecule has 1 unspecified atom stereocenters. The van der Waals surface area contributed by atoms with Gasteiger partial charge in [-0.1, -0.05) is 39.0 Å². The lowest BCUT2D eigenvalue weighted by atomic mass is 10.1. The van der Waals surface area contributed by atoms with Crippen LogP contribution in [-0.4, -0.2) is 39.1 Å². The highest BCUT2D eigenvalue weighted by Gasteiger charge is 2.01. The van der Waals surface area contributed by atoms with Crippen molar-refractivity contribution in [3.8, 4) is 0 Å². The summed E-state index contributed by atoms with van der Waals surface area (Å²) in [6.45, 7) is 9.87. The van der Waals surface area contributed by atoms with Gasteiger partial charge in [0.05, 0.1) is 32.5 Å². The normalized spacial score (nSPS) is 12.8. The first-order valence-electron chi connectivity index (χ1n) is 7.58. The molecule has 18 heavy (non-hydrogen) atoms. The SMILES string of the molecule is CCCCCCCC(C)OCCOCCOCC. The molecule has 0 heterocycles. The third kappa shape index (κ3) is 13.9. The van der Waals surface area contributed by atoms with E-state index in [0.717, 1.165) is 6.61 Å². The first kappa shape index (κ1) is 17.9. The predicted molar refractivity (Wildman–Crippen MR) is 76.1 cm³/mol. The quantitative estimate of drug-likeness (QED) is 0.445. The highest BCUT2D eigenvalue weighted by Crippen LogP contribution is 2.08. The van der Waals surface area contributed by atoms with Crippen molar-refractivity contribution in [3.63, 3.8) is 0 Å². The third-order valence-electron chi connectivity index (χ3n) is 2.92. The molecule has 0 aliphatic rings. The molecule has 0 bridgehead atoms. The largest absolute Gasteiger partial charge is 0.379 e. The van der Waals surface area contributed by atoms with Crippen molar-refractivity contribution in [2.45, 2.75) is 65.4 Å².